The van der Waals surface area contributed by atoms with Crippen LogP contribution in [0.4, 0.5) is 4.39 Å². The maximum atomic E-state index is 12.8. The summed E-state index contributed by atoms with van der Waals surface area (Å²) < 4.78 is 13.4. The van der Waals surface area contributed by atoms with Crippen LogP contribution >= 0.6 is 27.5 Å². The third-order valence-electron chi connectivity index (χ3n) is 1.83. The third kappa shape index (κ3) is 2.18. The van der Waals surface area contributed by atoms with E-state index in [2.05, 4.69) is 31.1 Å². The van der Waals surface area contributed by atoms with Crippen molar-refractivity contribution in [2.75, 3.05) is 0 Å². The Morgan fingerprint density at radius 2 is 2.27 bits per heavy atom. The lowest BCUT2D eigenvalue weighted by atomic mass is 10.2. The SMILES string of the molecule is Fc1ccc(-c2n[nH]c(CCl)n2)c(Br)c1. The van der Waals surface area contributed by atoms with Crippen LogP contribution in [0.2, 0.25) is 0 Å². The van der Waals surface area contributed by atoms with Crippen molar-refractivity contribution >= 4 is 27.5 Å². The Labute approximate surface area is 98.8 Å². The van der Waals surface area contributed by atoms with Gasteiger partial charge in [-0.2, -0.15) is 5.10 Å². The Morgan fingerprint density at radius 3 is 2.87 bits per heavy atom. The molecule has 1 aromatic carbocycles. The Hall–Kier alpha value is -0.940. The second-order valence-electron chi connectivity index (χ2n) is 2.86. The fourth-order valence-corrected chi connectivity index (χ4v) is 1.79. The number of rotatable bonds is 2. The molecule has 2 aromatic rings. The standard InChI is InChI=1S/C9H6BrClFN3/c10-7-3-5(12)1-2-6(7)9-13-8(4-11)14-15-9/h1-3H,4H2,(H,13,14,15). The molecule has 1 N–H and O–H groups in total. The summed E-state index contributed by atoms with van der Waals surface area (Å²) in [5, 5.41) is 6.66. The van der Waals surface area contributed by atoms with Gasteiger partial charge in [-0.05, 0) is 34.1 Å². The van der Waals surface area contributed by atoms with Gasteiger partial charge in [-0.25, -0.2) is 9.37 Å². The van der Waals surface area contributed by atoms with E-state index in [9.17, 15) is 4.39 Å². The van der Waals surface area contributed by atoms with Crippen molar-refractivity contribution in [3.05, 3.63) is 34.3 Å². The minimum absolute atomic E-state index is 0.270. The van der Waals surface area contributed by atoms with Gasteiger partial charge in [-0.1, -0.05) is 0 Å². The Bertz CT molecular complexity index is 486. The smallest absolute Gasteiger partial charge is 0.182 e. The van der Waals surface area contributed by atoms with Gasteiger partial charge in [0.15, 0.2) is 5.82 Å². The number of aromatic nitrogens is 3. The molecule has 15 heavy (non-hydrogen) atoms. The Kier molecular flexibility index (Phi) is 3.02. The highest BCUT2D eigenvalue weighted by atomic mass is 79.9. The van der Waals surface area contributed by atoms with Crippen LogP contribution in [0.3, 0.4) is 0 Å². The molecule has 6 heteroatoms. The molecule has 0 radical (unpaired) electrons. The van der Waals surface area contributed by atoms with E-state index in [0.717, 1.165) is 5.56 Å². The maximum absolute atomic E-state index is 12.8. The van der Waals surface area contributed by atoms with Gasteiger partial charge in [0.05, 0.1) is 5.88 Å². The first kappa shape index (κ1) is 10.6. The van der Waals surface area contributed by atoms with Crippen molar-refractivity contribution in [3.8, 4) is 11.4 Å². The van der Waals surface area contributed by atoms with E-state index in [1.807, 2.05) is 0 Å². The summed E-state index contributed by atoms with van der Waals surface area (Å²) in [5.41, 5.74) is 0.726. The lowest BCUT2D eigenvalue weighted by molar-refractivity contribution is 0.627. The van der Waals surface area contributed by atoms with Crippen molar-refractivity contribution in [3.63, 3.8) is 0 Å². The first-order chi connectivity index (χ1) is 7.20. The topological polar surface area (TPSA) is 41.6 Å². The van der Waals surface area contributed by atoms with Gasteiger partial charge in [0, 0.05) is 10.0 Å². The van der Waals surface area contributed by atoms with Gasteiger partial charge in [0.1, 0.15) is 11.6 Å². The van der Waals surface area contributed by atoms with Crippen LogP contribution in [-0.4, -0.2) is 15.2 Å². The van der Waals surface area contributed by atoms with Gasteiger partial charge in [0.2, 0.25) is 0 Å². The van der Waals surface area contributed by atoms with Gasteiger partial charge in [-0.15, -0.1) is 11.6 Å². The number of hydrogen-bond donors (Lipinski definition) is 1. The molecule has 0 saturated heterocycles. The lowest BCUT2D eigenvalue weighted by Crippen LogP contribution is -1.84. The Balaban J connectivity index is 2.44. The number of alkyl halides is 1. The molecular weight excluding hydrogens is 284 g/mol. The minimum atomic E-state index is -0.307. The summed E-state index contributed by atoms with van der Waals surface area (Å²) in [6.45, 7) is 0. The maximum Gasteiger partial charge on any atom is 0.182 e. The fraction of sp³-hybridized carbons (Fsp3) is 0.111. The lowest BCUT2D eigenvalue weighted by Gasteiger charge is -1.98. The molecule has 0 fully saturated rings. The van der Waals surface area contributed by atoms with Crippen molar-refractivity contribution < 1.29 is 4.39 Å². The summed E-state index contributed by atoms with van der Waals surface area (Å²) >= 11 is 8.84. The van der Waals surface area contributed by atoms with Crippen molar-refractivity contribution in [2.45, 2.75) is 5.88 Å². The highest BCUT2D eigenvalue weighted by Crippen LogP contribution is 2.26. The van der Waals surface area contributed by atoms with Gasteiger partial charge in [0.25, 0.3) is 0 Å². The van der Waals surface area contributed by atoms with E-state index < -0.39 is 0 Å². The van der Waals surface area contributed by atoms with E-state index in [-0.39, 0.29) is 11.7 Å². The van der Waals surface area contributed by atoms with Crippen LogP contribution in [-0.2, 0) is 5.88 Å². The van der Waals surface area contributed by atoms with E-state index in [4.69, 9.17) is 11.6 Å². The molecule has 0 spiro atoms. The number of nitrogens with zero attached hydrogens (tertiary/aromatic N) is 2. The van der Waals surface area contributed by atoms with E-state index in [0.29, 0.717) is 16.1 Å². The predicted octanol–water partition coefficient (Wildman–Crippen LogP) is 3.11. The van der Waals surface area contributed by atoms with Gasteiger partial charge in [-0.3, -0.25) is 5.10 Å². The van der Waals surface area contributed by atoms with Crippen LogP contribution in [0.1, 0.15) is 5.82 Å². The second kappa shape index (κ2) is 4.28. The molecule has 1 heterocycles. The zero-order valence-electron chi connectivity index (χ0n) is 7.47. The first-order valence-corrected chi connectivity index (χ1v) is 5.46. The number of nitrogens with one attached hydrogen (secondary N) is 1. The normalized spacial score (nSPS) is 10.6. The summed E-state index contributed by atoms with van der Waals surface area (Å²) in [4.78, 5) is 4.14. The average molecular weight is 291 g/mol. The summed E-state index contributed by atoms with van der Waals surface area (Å²) in [5.74, 6) is 1.05. The number of halogens is 3. The first-order valence-electron chi connectivity index (χ1n) is 4.13. The molecule has 0 bridgehead atoms. The highest BCUT2D eigenvalue weighted by Gasteiger charge is 2.09. The molecule has 78 valence electrons. The Morgan fingerprint density at radius 1 is 1.47 bits per heavy atom. The van der Waals surface area contributed by atoms with Crippen LogP contribution in [0, 0.1) is 5.82 Å². The molecule has 0 atom stereocenters. The molecule has 0 aliphatic rings. The molecule has 2 rings (SSSR count). The third-order valence-corrected chi connectivity index (χ3v) is 2.74. The molecular formula is C9H6BrClFN3. The van der Waals surface area contributed by atoms with E-state index in [1.54, 1.807) is 6.07 Å². The molecule has 0 saturated carbocycles. The van der Waals surface area contributed by atoms with Gasteiger partial charge >= 0.3 is 0 Å². The van der Waals surface area contributed by atoms with E-state index >= 15 is 0 Å². The molecule has 0 unspecified atom stereocenters. The zero-order chi connectivity index (χ0) is 10.8. The van der Waals surface area contributed by atoms with Crippen LogP contribution in [0.15, 0.2) is 22.7 Å². The van der Waals surface area contributed by atoms with Crippen LogP contribution in [0.5, 0.6) is 0 Å². The van der Waals surface area contributed by atoms with Crippen molar-refractivity contribution in [1.29, 1.82) is 0 Å². The van der Waals surface area contributed by atoms with Crippen LogP contribution in [0.25, 0.3) is 11.4 Å². The summed E-state index contributed by atoms with van der Waals surface area (Å²) in [6, 6.07) is 4.34. The average Bonchev–Trinajstić information content (AvgIpc) is 2.66. The summed E-state index contributed by atoms with van der Waals surface area (Å²) in [6.07, 6.45) is 0. The predicted molar refractivity (Wildman–Crippen MR) is 59.0 cm³/mol. The minimum Gasteiger partial charge on any atom is -0.262 e. The summed E-state index contributed by atoms with van der Waals surface area (Å²) in [7, 11) is 0. The molecule has 0 aliphatic heterocycles. The molecule has 3 nitrogen and oxygen atoms in total. The van der Waals surface area contributed by atoms with Crippen molar-refractivity contribution in [1.82, 2.24) is 15.2 Å². The number of benzene rings is 1. The largest absolute Gasteiger partial charge is 0.262 e. The van der Waals surface area contributed by atoms with Gasteiger partial charge < -0.3 is 0 Å². The second-order valence-corrected chi connectivity index (χ2v) is 3.99. The molecule has 0 amide bonds. The highest BCUT2D eigenvalue weighted by molar-refractivity contribution is 9.10. The monoisotopic (exact) mass is 289 g/mol. The van der Waals surface area contributed by atoms with E-state index in [1.165, 1.54) is 12.1 Å². The number of hydrogen-bond acceptors (Lipinski definition) is 2. The zero-order valence-corrected chi connectivity index (χ0v) is 9.81. The van der Waals surface area contributed by atoms with Crippen LogP contribution < -0.4 is 0 Å². The quantitative estimate of drug-likeness (QED) is 0.864. The van der Waals surface area contributed by atoms with Crippen molar-refractivity contribution in [2.24, 2.45) is 0 Å². The molecule has 0 aliphatic carbocycles. The molecule has 1 aromatic heterocycles. The number of aromatic amines is 1. The number of H-pyrrole nitrogens is 1. The fourth-order valence-electron chi connectivity index (χ4n) is 1.15.